The number of unbranched alkanes of at least 4 members (excludes halogenated alkanes) is 2. The zero-order chi connectivity index (χ0) is 14.2. The second kappa shape index (κ2) is 7.91. The van der Waals surface area contributed by atoms with Gasteiger partial charge in [0.2, 0.25) is 0 Å². The van der Waals surface area contributed by atoms with Gasteiger partial charge >= 0.3 is 0 Å². The average Bonchev–Trinajstić information content (AvgIpc) is 2.48. The molecule has 0 saturated heterocycles. The van der Waals surface area contributed by atoms with Crippen LogP contribution in [0.15, 0.2) is 18.2 Å². The summed E-state index contributed by atoms with van der Waals surface area (Å²) >= 11 is 0. The lowest BCUT2D eigenvalue weighted by molar-refractivity contribution is 0.301. The van der Waals surface area contributed by atoms with Crippen molar-refractivity contribution in [1.29, 1.82) is 5.26 Å². The normalized spacial score (nSPS) is 17.3. The van der Waals surface area contributed by atoms with Crippen LogP contribution in [-0.2, 0) is 6.42 Å². The molecule has 1 aromatic carbocycles. The summed E-state index contributed by atoms with van der Waals surface area (Å²) in [6, 6.07) is 9.05. The number of nitrogens with zero attached hydrogens (tertiary/aromatic N) is 1. The van der Waals surface area contributed by atoms with Gasteiger partial charge in [0, 0.05) is 12.5 Å². The van der Waals surface area contributed by atoms with Gasteiger partial charge in [0.25, 0.3) is 0 Å². The van der Waals surface area contributed by atoms with Crippen molar-refractivity contribution < 1.29 is 4.74 Å². The summed E-state index contributed by atoms with van der Waals surface area (Å²) < 4.78 is 5.94. The summed E-state index contributed by atoms with van der Waals surface area (Å²) in [6.45, 7) is 3.87. The molecule has 0 amide bonds. The second-order valence-corrected chi connectivity index (χ2v) is 5.29. The number of hydrogen-bond donors (Lipinski definition) is 1. The van der Waals surface area contributed by atoms with Gasteiger partial charge in [-0.05, 0) is 55.8 Å². The molecule has 0 radical (unpaired) electrons. The van der Waals surface area contributed by atoms with Crippen LogP contribution in [0.25, 0.3) is 0 Å². The van der Waals surface area contributed by atoms with E-state index in [1.165, 1.54) is 24.0 Å². The molecule has 1 aliphatic carbocycles. The van der Waals surface area contributed by atoms with Crippen molar-refractivity contribution in [3.05, 3.63) is 29.3 Å². The van der Waals surface area contributed by atoms with E-state index in [1.807, 2.05) is 0 Å². The van der Waals surface area contributed by atoms with Crippen LogP contribution < -0.4 is 10.1 Å². The van der Waals surface area contributed by atoms with Crippen molar-refractivity contribution in [2.24, 2.45) is 0 Å². The molecule has 1 aliphatic rings. The van der Waals surface area contributed by atoms with Crippen molar-refractivity contribution >= 4 is 0 Å². The summed E-state index contributed by atoms with van der Waals surface area (Å²) in [4.78, 5) is 0. The summed E-state index contributed by atoms with van der Waals surface area (Å²) in [5.74, 6) is 1.04. The molecular formula is C17H24N2O. The van der Waals surface area contributed by atoms with Crippen LogP contribution in [0.2, 0.25) is 0 Å². The molecule has 0 fully saturated rings. The smallest absolute Gasteiger partial charge is 0.122 e. The first-order chi connectivity index (χ1) is 9.86. The van der Waals surface area contributed by atoms with Crippen LogP contribution in [-0.4, -0.2) is 13.2 Å². The molecular weight excluding hydrogens is 248 g/mol. The summed E-state index contributed by atoms with van der Waals surface area (Å²) in [7, 11) is 0. The SMILES string of the molecule is CCNC1CCCc2c(OCCCCC#N)cccc21. The topological polar surface area (TPSA) is 45.0 Å². The summed E-state index contributed by atoms with van der Waals surface area (Å²) in [6.07, 6.45) is 6.05. The van der Waals surface area contributed by atoms with Gasteiger partial charge in [-0.1, -0.05) is 19.1 Å². The third kappa shape index (κ3) is 3.74. The van der Waals surface area contributed by atoms with E-state index in [0.717, 1.165) is 31.6 Å². The largest absolute Gasteiger partial charge is 0.493 e. The van der Waals surface area contributed by atoms with E-state index in [2.05, 4.69) is 36.5 Å². The van der Waals surface area contributed by atoms with Gasteiger partial charge < -0.3 is 10.1 Å². The van der Waals surface area contributed by atoms with E-state index in [0.29, 0.717) is 19.1 Å². The van der Waals surface area contributed by atoms with Crippen LogP contribution >= 0.6 is 0 Å². The van der Waals surface area contributed by atoms with Crippen molar-refractivity contribution in [3.63, 3.8) is 0 Å². The Hall–Kier alpha value is -1.53. The third-order valence-corrected chi connectivity index (χ3v) is 3.86. The maximum absolute atomic E-state index is 8.52. The molecule has 1 N–H and O–H groups in total. The maximum atomic E-state index is 8.52. The van der Waals surface area contributed by atoms with Crippen LogP contribution in [0, 0.1) is 11.3 Å². The minimum Gasteiger partial charge on any atom is -0.493 e. The molecule has 3 heteroatoms. The van der Waals surface area contributed by atoms with E-state index in [-0.39, 0.29) is 0 Å². The number of ether oxygens (including phenoxy) is 1. The first-order valence-corrected chi connectivity index (χ1v) is 7.71. The van der Waals surface area contributed by atoms with Crippen LogP contribution in [0.1, 0.15) is 56.2 Å². The van der Waals surface area contributed by atoms with Crippen molar-refractivity contribution in [2.45, 2.75) is 51.5 Å². The Kier molecular flexibility index (Phi) is 5.88. The molecule has 20 heavy (non-hydrogen) atoms. The van der Waals surface area contributed by atoms with Crippen LogP contribution in [0.5, 0.6) is 5.75 Å². The highest BCUT2D eigenvalue weighted by Crippen LogP contribution is 2.35. The monoisotopic (exact) mass is 272 g/mol. The molecule has 1 atom stereocenters. The fraction of sp³-hybridized carbons (Fsp3) is 0.588. The van der Waals surface area contributed by atoms with Crippen molar-refractivity contribution in [1.82, 2.24) is 5.32 Å². The zero-order valence-electron chi connectivity index (χ0n) is 12.3. The number of hydrogen-bond acceptors (Lipinski definition) is 3. The number of benzene rings is 1. The first-order valence-electron chi connectivity index (χ1n) is 7.71. The Morgan fingerprint density at radius 1 is 1.40 bits per heavy atom. The Morgan fingerprint density at radius 3 is 3.10 bits per heavy atom. The summed E-state index contributed by atoms with van der Waals surface area (Å²) in [5, 5.41) is 12.1. The minimum atomic E-state index is 0.478. The highest BCUT2D eigenvalue weighted by atomic mass is 16.5. The minimum absolute atomic E-state index is 0.478. The number of nitrogens with one attached hydrogen (secondary N) is 1. The molecule has 0 spiro atoms. The van der Waals surface area contributed by atoms with Gasteiger partial charge in [0.05, 0.1) is 12.7 Å². The molecule has 1 aromatic rings. The lowest BCUT2D eigenvalue weighted by Crippen LogP contribution is -2.25. The van der Waals surface area contributed by atoms with E-state index in [4.69, 9.17) is 10.00 Å². The molecule has 0 heterocycles. The Bertz CT molecular complexity index is 465. The first kappa shape index (κ1) is 14.9. The van der Waals surface area contributed by atoms with E-state index < -0.39 is 0 Å². The van der Waals surface area contributed by atoms with Gasteiger partial charge in [-0.2, -0.15) is 5.26 Å². The van der Waals surface area contributed by atoms with Gasteiger partial charge in [-0.25, -0.2) is 0 Å². The van der Waals surface area contributed by atoms with E-state index in [9.17, 15) is 0 Å². The predicted molar refractivity (Wildman–Crippen MR) is 80.8 cm³/mol. The van der Waals surface area contributed by atoms with Gasteiger partial charge in [-0.15, -0.1) is 0 Å². The quantitative estimate of drug-likeness (QED) is 0.769. The molecule has 108 valence electrons. The summed E-state index contributed by atoms with van der Waals surface area (Å²) in [5.41, 5.74) is 2.79. The average molecular weight is 272 g/mol. The Labute approximate surface area is 121 Å². The maximum Gasteiger partial charge on any atom is 0.122 e. The third-order valence-electron chi connectivity index (χ3n) is 3.86. The number of rotatable bonds is 7. The van der Waals surface area contributed by atoms with Crippen molar-refractivity contribution in [3.8, 4) is 11.8 Å². The molecule has 0 saturated carbocycles. The fourth-order valence-corrected chi connectivity index (χ4v) is 2.90. The second-order valence-electron chi connectivity index (χ2n) is 5.29. The Balaban J connectivity index is 2.00. The molecule has 2 rings (SSSR count). The number of nitriles is 1. The fourth-order valence-electron chi connectivity index (χ4n) is 2.90. The van der Waals surface area contributed by atoms with Crippen LogP contribution in [0.4, 0.5) is 0 Å². The standard InChI is InChI=1S/C17H24N2O/c1-2-19-16-10-6-9-15-14(16)8-7-11-17(15)20-13-5-3-4-12-18/h7-8,11,16,19H,2-6,9-10,13H2,1H3. The van der Waals surface area contributed by atoms with Crippen molar-refractivity contribution in [2.75, 3.05) is 13.2 Å². The lowest BCUT2D eigenvalue weighted by atomic mass is 9.87. The predicted octanol–water partition coefficient (Wildman–Crippen LogP) is 3.75. The van der Waals surface area contributed by atoms with E-state index in [1.54, 1.807) is 0 Å². The van der Waals surface area contributed by atoms with Gasteiger partial charge in [0.1, 0.15) is 5.75 Å². The van der Waals surface area contributed by atoms with Gasteiger partial charge in [-0.3, -0.25) is 0 Å². The van der Waals surface area contributed by atoms with Crippen LogP contribution in [0.3, 0.4) is 0 Å². The van der Waals surface area contributed by atoms with E-state index >= 15 is 0 Å². The molecule has 0 bridgehead atoms. The molecule has 0 aliphatic heterocycles. The zero-order valence-corrected chi connectivity index (χ0v) is 12.3. The molecule has 1 unspecified atom stereocenters. The highest BCUT2D eigenvalue weighted by Gasteiger charge is 2.21. The molecule has 3 nitrogen and oxygen atoms in total. The molecule has 0 aromatic heterocycles. The number of fused-ring (bicyclic) bond motifs is 1. The Morgan fingerprint density at radius 2 is 2.30 bits per heavy atom. The highest BCUT2D eigenvalue weighted by molar-refractivity contribution is 5.43. The lowest BCUT2D eigenvalue weighted by Gasteiger charge is -2.27. The van der Waals surface area contributed by atoms with Gasteiger partial charge in [0.15, 0.2) is 0 Å².